The third kappa shape index (κ3) is 2.96. The average molecular weight is 263 g/mol. The van der Waals surface area contributed by atoms with Gasteiger partial charge >= 0.3 is 0 Å². The highest BCUT2D eigenvalue weighted by molar-refractivity contribution is 7.89. The Labute approximate surface area is 96.6 Å². The molecule has 0 aromatic heterocycles. The van der Waals surface area contributed by atoms with E-state index < -0.39 is 31.3 Å². The third-order valence-corrected chi connectivity index (χ3v) is 3.37. The van der Waals surface area contributed by atoms with E-state index in [-0.39, 0.29) is 13.1 Å². The van der Waals surface area contributed by atoms with Crippen molar-refractivity contribution in [3.63, 3.8) is 0 Å². The maximum absolute atomic E-state index is 13.4. The summed E-state index contributed by atoms with van der Waals surface area (Å²) >= 11 is 0. The van der Waals surface area contributed by atoms with Crippen molar-refractivity contribution in [2.75, 3.05) is 13.1 Å². The number of hydrogen-bond acceptors (Lipinski definition) is 5. The minimum absolute atomic E-state index is 0.00147. The highest BCUT2D eigenvalue weighted by atomic mass is 32.2. The normalized spacial score (nSPS) is 11.4. The van der Waals surface area contributed by atoms with E-state index in [1.807, 2.05) is 4.72 Å². The topological polar surface area (TPSA) is 115 Å². The van der Waals surface area contributed by atoms with E-state index in [0.717, 1.165) is 18.2 Å². The summed E-state index contributed by atoms with van der Waals surface area (Å²) in [5.41, 5.74) is 4.28. The van der Waals surface area contributed by atoms with Crippen LogP contribution in [0, 0.1) is 15.9 Å². The molecule has 1 aromatic carbocycles. The Morgan fingerprint density at radius 3 is 2.65 bits per heavy atom. The molecule has 0 atom stereocenters. The van der Waals surface area contributed by atoms with Gasteiger partial charge in [0.05, 0.1) is 4.92 Å². The molecule has 0 saturated heterocycles. The summed E-state index contributed by atoms with van der Waals surface area (Å²) in [6.07, 6.45) is 0. The Bertz CT molecular complexity index is 532. The van der Waals surface area contributed by atoms with Crippen molar-refractivity contribution in [3.8, 4) is 0 Å². The molecule has 0 fully saturated rings. The number of nitrogens with one attached hydrogen (secondary N) is 1. The molecule has 9 heteroatoms. The number of sulfonamides is 1. The molecule has 0 amide bonds. The van der Waals surface area contributed by atoms with Crippen molar-refractivity contribution in [2.45, 2.75) is 4.90 Å². The number of nitrogens with zero attached hydrogens (tertiary/aromatic N) is 1. The second-order valence-electron chi connectivity index (χ2n) is 3.03. The van der Waals surface area contributed by atoms with Crippen LogP contribution in [-0.2, 0) is 10.0 Å². The van der Waals surface area contributed by atoms with Gasteiger partial charge in [0, 0.05) is 19.2 Å². The Morgan fingerprint density at radius 1 is 1.47 bits per heavy atom. The van der Waals surface area contributed by atoms with E-state index in [1.54, 1.807) is 0 Å². The second-order valence-corrected chi connectivity index (χ2v) is 4.74. The van der Waals surface area contributed by atoms with Gasteiger partial charge in [-0.15, -0.1) is 0 Å². The van der Waals surface area contributed by atoms with Gasteiger partial charge in [0.2, 0.25) is 10.0 Å². The van der Waals surface area contributed by atoms with Crippen LogP contribution in [0.15, 0.2) is 23.1 Å². The van der Waals surface area contributed by atoms with Crippen molar-refractivity contribution < 1.29 is 17.7 Å². The molecule has 0 heterocycles. The van der Waals surface area contributed by atoms with Crippen LogP contribution in [0.25, 0.3) is 0 Å². The number of halogens is 1. The molecule has 7 nitrogen and oxygen atoms in total. The lowest BCUT2D eigenvalue weighted by molar-refractivity contribution is -0.388. The summed E-state index contributed by atoms with van der Waals surface area (Å²) in [4.78, 5) is 8.68. The van der Waals surface area contributed by atoms with Gasteiger partial charge in [-0.25, -0.2) is 17.5 Å². The fourth-order valence-corrected chi connectivity index (χ4v) is 2.45. The molecule has 1 rings (SSSR count). The van der Waals surface area contributed by atoms with Gasteiger partial charge in [0.15, 0.2) is 4.90 Å². The third-order valence-electron chi connectivity index (χ3n) is 1.85. The number of hydrogen-bond donors (Lipinski definition) is 2. The average Bonchev–Trinajstić information content (AvgIpc) is 2.25. The molecule has 1 aromatic rings. The molecule has 94 valence electrons. The van der Waals surface area contributed by atoms with Crippen molar-refractivity contribution in [1.29, 1.82) is 0 Å². The molecule has 0 unspecified atom stereocenters. The molecule has 0 spiro atoms. The Kier molecular flexibility index (Phi) is 4.10. The van der Waals surface area contributed by atoms with E-state index in [0.29, 0.717) is 0 Å². The molecule has 17 heavy (non-hydrogen) atoms. The first-order valence-corrected chi connectivity index (χ1v) is 6.01. The molecule has 0 bridgehead atoms. The van der Waals surface area contributed by atoms with Gasteiger partial charge in [0.25, 0.3) is 5.69 Å². The SMILES string of the molecule is NCCNS(=O)(=O)c1c(F)cccc1[N+](=O)[O-]. The first-order valence-electron chi connectivity index (χ1n) is 4.53. The predicted octanol–water partition coefficient (Wildman–Crippen LogP) is -0.0291. The summed E-state index contributed by atoms with van der Waals surface area (Å²) in [5, 5.41) is 10.6. The minimum Gasteiger partial charge on any atom is -0.329 e. The number of nitrogens with two attached hydrogens (primary N) is 1. The number of nitro benzene ring substituents is 1. The zero-order valence-electron chi connectivity index (χ0n) is 8.59. The van der Waals surface area contributed by atoms with Crippen LogP contribution in [0.4, 0.5) is 10.1 Å². The fraction of sp³-hybridized carbons (Fsp3) is 0.250. The van der Waals surface area contributed by atoms with Gasteiger partial charge < -0.3 is 5.73 Å². The first kappa shape index (κ1) is 13.5. The molecular weight excluding hydrogens is 253 g/mol. The smallest absolute Gasteiger partial charge is 0.292 e. The summed E-state index contributed by atoms with van der Waals surface area (Å²) in [6.45, 7) is -0.130. The molecule has 0 radical (unpaired) electrons. The molecular formula is C8H10FN3O4S. The van der Waals surface area contributed by atoms with Crippen LogP contribution in [0.1, 0.15) is 0 Å². The number of rotatable bonds is 5. The van der Waals surface area contributed by atoms with Crippen LogP contribution in [0.2, 0.25) is 0 Å². The largest absolute Gasteiger partial charge is 0.329 e. The van der Waals surface area contributed by atoms with Crippen LogP contribution in [0.5, 0.6) is 0 Å². The molecule has 3 N–H and O–H groups in total. The summed E-state index contributed by atoms with van der Waals surface area (Å²) in [7, 11) is -4.28. The van der Waals surface area contributed by atoms with Gasteiger partial charge in [-0.3, -0.25) is 10.1 Å². The van der Waals surface area contributed by atoms with E-state index in [4.69, 9.17) is 5.73 Å². The highest BCUT2D eigenvalue weighted by Gasteiger charge is 2.29. The lowest BCUT2D eigenvalue weighted by Gasteiger charge is -2.06. The van der Waals surface area contributed by atoms with Gasteiger partial charge in [-0.1, -0.05) is 6.07 Å². The molecule has 0 aliphatic rings. The van der Waals surface area contributed by atoms with Crippen molar-refractivity contribution >= 4 is 15.7 Å². The molecule has 0 saturated carbocycles. The summed E-state index contributed by atoms with van der Waals surface area (Å²) in [6, 6.07) is 2.82. The van der Waals surface area contributed by atoms with Crippen LogP contribution in [-0.4, -0.2) is 26.4 Å². The zero-order chi connectivity index (χ0) is 13.1. The monoisotopic (exact) mass is 263 g/mol. The van der Waals surface area contributed by atoms with Crippen molar-refractivity contribution in [3.05, 3.63) is 34.1 Å². The predicted molar refractivity (Wildman–Crippen MR) is 57.3 cm³/mol. The summed E-state index contributed by atoms with van der Waals surface area (Å²) < 4.78 is 38.6. The lowest BCUT2D eigenvalue weighted by atomic mass is 10.3. The van der Waals surface area contributed by atoms with Crippen LogP contribution < -0.4 is 10.5 Å². The van der Waals surface area contributed by atoms with Crippen LogP contribution in [0.3, 0.4) is 0 Å². The van der Waals surface area contributed by atoms with E-state index in [2.05, 4.69) is 0 Å². The molecule has 0 aliphatic carbocycles. The fourth-order valence-electron chi connectivity index (χ4n) is 1.17. The zero-order valence-corrected chi connectivity index (χ0v) is 9.41. The second kappa shape index (κ2) is 5.17. The Hall–Kier alpha value is -1.58. The number of benzene rings is 1. The lowest BCUT2D eigenvalue weighted by Crippen LogP contribution is -2.30. The van der Waals surface area contributed by atoms with Gasteiger partial charge in [-0.2, -0.15) is 0 Å². The highest BCUT2D eigenvalue weighted by Crippen LogP contribution is 2.25. The van der Waals surface area contributed by atoms with E-state index >= 15 is 0 Å². The Balaban J connectivity index is 3.34. The van der Waals surface area contributed by atoms with Gasteiger partial charge in [0.1, 0.15) is 5.82 Å². The van der Waals surface area contributed by atoms with Crippen LogP contribution >= 0.6 is 0 Å². The van der Waals surface area contributed by atoms with E-state index in [9.17, 15) is 22.9 Å². The van der Waals surface area contributed by atoms with Crippen molar-refractivity contribution in [1.82, 2.24) is 4.72 Å². The van der Waals surface area contributed by atoms with E-state index in [1.165, 1.54) is 0 Å². The quantitative estimate of drug-likeness (QED) is 0.571. The summed E-state index contributed by atoms with van der Waals surface area (Å²) in [5.74, 6) is -1.18. The first-order chi connectivity index (χ1) is 7.90. The molecule has 0 aliphatic heterocycles. The van der Waals surface area contributed by atoms with Crippen molar-refractivity contribution in [2.24, 2.45) is 5.73 Å². The minimum atomic E-state index is -4.28. The number of nitro groups is 1. The Morgan fingerprint density at radius 2 is 2.12 bits per heavy atom. The standard InChI is InChI=1S/C8H10FN3O4S/c9-6-2-1-3-7(12(13)14)8(6)17(15,16)11-5-4-10/h1-3,11H,4-5,10H2. The van der Waals surface area contributed by atoms with Gasteiger partial charge in [-0.05, 0) is 6.07 Å². The maximum Gasteiger partial charge on any atom is 0.292 e. The maximum atomic E-state index is 13.4.